The number of anilines is 1. The van der Waals surface area contributed by atoms with Gasteiger partial charge in [-0.3, -0.25) is 14.9 Å². The van der Waals surface area contributed by atoms with Gasteiger partial charge in [-0.2, -0.15) is 0 Å². The fourth-order valence-electron chi connectivity index (χ4n) is 2.02. The van der Waals surface area contributed by atoms with Gasteiger partial charge in [0.25, 0.3) is 11.2 Å². The van der Waals surface area contributed by atoms with E-state index in [-0.39, 0.29) is 17.8 Å². The van der Waals surface area contributed by atoms with Crippen LogP contribution in [0.25, 0.3) is 0 Å². The number of nitrogens with zero attached hydrogens (tertiary/aromatic N) is 2. The smallest absolute Gasteiger partial charge is 0.292 e. The van der Waals surface area contributed by atoms with E-state index in [9.17, 15) is 14.9 Å². The van der Waals surface area contributed by atoms with Crippen molar-refractivity contribution in [1.29, 1.82) is 0 Å². The number of benzene rings is 1. The summed E-state index contributed by atoms with van der Waals surface area (Å²) in [6.45, 7) is 0.231. The second-order valence-electron chi connectivity index (χ2n) is 4.26. The van der Waals surface area contributed by atoms with Crippen LogP contribution in [0.2, 0.25) is 0 Å². The first kappa shape index (κ1) is 15.7. The molecular formula is C13H11Br2N3O3. The number of pyridine rings is 1. The Labute approximate surface area is 137 Å². The average molecular weight is 417 g/mol. The third-order valence-corrected chi connectivity index (χ3v) is 3.93. The van der Waals surface area contributed by atoms with Crippen molar-refractivity contribution in [2.24, 2.45) is 0 Å². The second kappa shape index (κ2) is 6.40. The summed E-state index contributed by atoms with van der Waals surface area (Å²) in [5.41, 5.74) is 0.855. The molecule has 0 atom stereocenters. The molecule has 1 aromatic heterocycles. The Morgan fingerprint density at radius 2 is 2.10 bits per heavy atom. The van der Waals surface area contributed by atoms with Crippen molar-refractivity contribution in [3.8, 4) is 0 Å². The van der Waals surface area contributed by atoms with Gasteiger partial charge in [-0.05, 0) is 37.9 Å². The Morgan fingerprint density at radius 1 is 1.38 bits per heavy atom. The van der Waals surface area contributed by atoms with Crippen LogP contribution in [0.5, 0.6) is 0 Å². The average Bonchev–Trinajstić information content (AvgIpc) is 2.43. The van der Waals surface area contributed by atoms with Crippen LogP contribution < -0.4 is 10.9 Å². The summed E-state index contributed by atoms with van der Waals surface area (Å²) in [6.07, 6.45) is 1.64. The molecule has 0 aliphatic rings. The number of hydrogen-bond acceptors (Lipinski definition) is 4. The van der Waals surface area contributed by atoms with Gasteiger partial charge in [-0.1, -0.05) is 12.1 Å². The molecule has 21 heavy (non-hydrogen) atoms. The van der Waals surface area contributed by atoms with E-state index in [4.69, 9.17) is 0 Å². The first-order chi connectivity index (χ1) is 9.93. The van der Waals surface area contributed by atoms with Crippen molar-refractivity contribution in [2.45, 2.75) is 6.54 Å². The van der Waals surface area contributed by atoms with E-state index < -0.39 is 4.92 Å². The van der Waals surface area contributed by atoms with Crippen LogP contribution in [-0.2, 0) is 6.54 Å². The topological polar surface area (TPSA) is 77.2 Å². The van der Waals surface area contributed by atoms with E-state index in [0.717, 1.165) is 4.47 Å². The summed E-state index contributed by atoms with van der Waals surface area (Å²) < 4.78 is 2.65. The Bertz CT molecular complexity index is 759. The minimum Gasteiger partial charge on any atom is -0.382 e. The second-order valence-corrected chi connectivity index (χ2v) is 6.03. The van der Waals surface area contributed by atoms with Crippen LogP contribution >= 0.6 is 31.9 Å². The first-order valence-corrected chi connectivity index (χ1v) is 7.52. The molecule has 1 aromatic carbocycles. The molecule has 0 aliphatic heterocycles. The van der Waals surface area contributed by atoms with E-state index in [1.807, 2.05) is 0 Å². The van der Waals surface area contributed by atoms with Gasteiger partial charge in [0.05, 0.1) is 15.9 Å². The molecule has 6 nitrogen and oxygen atoms in total. The van der Waals surface area contributed by atoms with Crippen molar-refractivity contribution < 1.29 is 4.92 Å². The number of aromatic nitrogens is 1. The van der Waals surface area contributed by atoms with Gasteiger partial charge in [0.2, 0.25) is 0 Å². The van der Waals surface area contributed by atoms with Crippen LogP contribution in [0.3, 0.4) is 0 Å². The fourth-order valence-corrected chi connectivity index (χ4v) is 3.28. The molecule has 0 aliphatic carbocycles. The summed E-state index contributed by atoms with van der Waals surface area (Å²) in [6, 6.07) is 6.44. The molecule has 0 bridgehead atoms. The molecule has 0 saturated carbocycles. The maximum Gasteiger partial charge on any atom is 0.292 e. The zero-order chi connectivity index (χ0) is 15.6. The molecule has 2 rings (SSSR count). The summed E-state index contributed by atoms with van der Waals surface area (Å²) in [5.74, 6) is 0. The zero-order valence-corrected chi connectivity index (χ0v) is 14.1. The molecule has 8 heteroatoms. The minimum absolute atomic E-state index is 0.0166. The van der Waals surface area contributed by atoms with Crippen molar-refractivity contribution >= 4 is 43.2 Å². The van der Waals surface area contributed by atoms with E-state index in [1.165, 1.54) is 10.6 Å². The van der Waals surface area contributed by atoms with Crippen LogP contribution in [0, 0.1) is 10.1 Å². The Kier molecular flexibility index (Phi) is 4.79. The van der Waals surface area contributed by atoms with Crippen LogP contribution in [0.4, 0.5) is 11.4 Å². The normalized spacial score (nSPS) is 10.4. The van der Waals surface area contributed by atoms with E-state index >= 15 is 0 Å². The van der Waals surface area contributed by atoms with Crippen molar-refractivity contribution in [2.75, 3.05) is 12.4 Å². The lowest BCUT2D eigenvalue weighted by Crippen LogP contribution is -2.21. The molecule has 110 valence electrons. The molecular weight excluding hydrogens is 406 g/mol. The predicted octanol–water partition coefficient (Wildman–Crippen LogP) is 3.37. The summed E-state index contributed by atoms with van der Waals surface area (Å²) in [5, 5.41) is 13.9. The largest absolute Gasteiger partial charge is 0.382 e. The predicted molar refractivity (Wildman–Crippen MR) is 87.8 cm³/mol. The van der Waals surface area contributed by atoms with Gasteiger partial charge in [0.15, 0.2) is 0 Å². The third-order valence-electron chi connectivity index (χ3n) is 2.93. The van der Waals surface area contributed by atoms with Gasteiger partial charge in [-0.25, -0.2) is 0 Å². The highest BCUT2D eigenvalue weighted by molar-refractivity contribution is 9.11. The van der Waals surface area contributed by atoms with Gasteiger partial charge < -0.3 is 9.88 Å². The van der Waals surface area contributed by atoms with Crippen molar-refractivity contribution in [3.63, 3.8) is 0 Å². The van der Waals surface area contributed by atoms with Gasteiger partial charge in [0.1, 0.15) is 5.69 Å². The quantitative estimate of drug-likeness (QED) is 0.612. The summed E-state index contributed by atoms with van der Waals surface area (Å²) in [4.78, 5) is 22.7. The summed E-state index contributed by atoms with van der Waals surface area (Å²) >= 11 is 6.52. The highest BCUT2D eigenvalue weighted by atomic mass is 79.9. The van der Waals surface area contributed by atoms with Crippen LogP contribution in [-0.4, -0.2) is 16.5 Å². The van der Waals surface area contributed by atoms with Crippen LogP contribution in [0.15, 0.2) is 44.2 Å². The summed E-state index contributed by atoms with van der Waals surface area (Å²) in [7, 11) is 1.62. The molecule has 0 saturated heterocycles. The Hall–Kier alpha value is -1.67. The molecule has 0 amide bonds. The number of nitrogens with one attached hydrogen (secondary N) is 1. The van der Waals surface area contributed by atoms with Gasteiger partial charge in [-0.15, -0.1) is 0 Å². The zero-order valence-electron chi connectivity index (χ0n) is 11.0. The maximum absolute atomic E-state index is 12.1. The van der Waals surface area contributed by atoms with Crippen molar-refractivity contribution in [3.05, 3.63) is 65.4 Å². The molecule has 1 heterocycles. The monoisotopic (exact) mass is 415 g/mol. The molecule has 1 N–H and O–H groups in total. The van der Waals surface area contributed by atoms with Crippen molar-refractivity contribution in [1.82, 2.24) is 4.57 Å². The molecule has 0 fully saturated rings. The number of halogens is 2. The number of rotatable bonds is 4. The molecule has 0 radical (unpaired) electrons. The van der Waals surface area contributed by atoms with E-state index in [0.29, 0.717) is 15.7 Å². The maximum atomic E-state index is 12.1. The van der Waals surface area contributed by atoms with Crippen LogP contribution in [0.1, 0.15) is 5.56 Å². The Morgan fingerprint density at radius 3 is 2.71 bits per heavy atom. The Balaban J connectivity index is 2.52. The SMILES string of the molecule is CNc1c(Cn2cc(Br)cc(Br)c2=O)cccc1[N+](=O)[O-]. The number of hydrogen-bond donors (Lipinski definition) is 1. The van der Waals surface area contributed by atoms with Gasteiger partial charge >= 0.3 is 0 Å². The third kappa shape index (κ3) is 3.33. The first-order valence-electron chi connectivity index (χ1n) is 5.93. The molecule has 0 unspecified atom stereocenters. The number of para-hydroxylation sites is 1. The molecule has 2 aromatic rings. The standard InChI is InChI=1S/C13H11Br2N3O3/c1-16-12-8(3-2-4-11(12)18(20)21)6-17-7-9(14)5-10(15)13(17)19/h2-5,7,16H,6H2,1H3. The minimum atomic E-state index is -0.449. The molecule has 0 spiro atoms. The van der Waals surface area contributed by atoms with Gasteiger partial charge in [0, 0.05) is 29.3 Å². The lowest BCUT2D eigenvalue weighted by atomic mass is 10.1. The highest BCUT2D eigenvalue weighted by Gasteiger charge is 2.16. The number of nitro groups is 1. The fraction of sp³-hybridized carbons (Fsp3) is 0.154. The van der Waals surface area contributed by atoms with E-state index in [1.54, 1.807) is 31.4 Å². The lowest BCUT2D eigenvalue weighted by molar-refractivity contribution is -0.384. The number of nitro benzene ring substituents is 1. The van der Waals surface area contributed by atoms with E-state index in [2.05, 4.69) is 37.2 Å². The highest BCUT2D eigenvalue weighted by Crippen LogP contribution is 2.28. The lowest BCUT2D eigenvalue weighted by Gasteiger charge is -2.12.